The smallest absolute Gasteiger partial charge is 0.138 e. The summed E-state index contributed by atoms with van der Waals surface area (Å²) in [5.41, 5.74) is 2.73. The van der Waals surface area contributed by atoms with Crippen LogP contribution < -0.4 is 10.1 Å². The lowest BCUT2D eigenvalue weighted by molar-refractivity contribution is 0.309. The summed E-state index contributed by atoms with van der Waals surface area (Å²) < 4.78 is 5.61. The maximum absolute atomic E-state index is 9.77. The Kier molecular flexibility index (Phi) is 3.09. The van der Waals surface area contributed by atoms with E-state index in [4.69, 9.17) is 4.74 Å². The quantitative estimate of drug-likeness (QED) is 0.885. The first-order valence-corrected chi connectivity index (χ1v) is 6.34. The fraction of sp³-hybridized carbons (Fsp3) is 0.267. The van der Waals surface area contributed by atoms with Crippen LogP contribution in [0.1, 0.15) is 23.0 Å². The van der Waals surface area contributed by atoms with Crippen LogP contribution in [0.5, 0.6) is 11.5 Å². The number of ether oxygens (including phenoxy) is 1. The minimum atomic E-state index is 0.151. The molecule has 0 amide bonds. The van der Waals surface area contributed by atoms with E-state index in [0.717, 1.165) is 17.0 Å². The van der Waals surface area contributed by atoms with E-state index in [1.807, 2.05) is 25.1 Å². The van der Waals surface area contributed by atoms with Gasteiger partial charge >= 0.3 is 0 Å². The van der Waals surface area contributed by atoms with Crippen LogP contribution in [0.4, 0.5) is 0 Å². The number of pyridine rings is 1. The van der Waals surface area contributed by atoms with Crippen molar-refractivity contribution in [2.45, 2.75) is 19.5 Å². The Balaban J connectivity index is 1.72. The summed E-state index contributed by atoms with van der Waals surface area (Å²) in [4.78, 5) is 4.34. The van der Waals surface area contributed by atoms with Crippen molar-refractivity contribution in [1.82, 2.24) is 10.3 Å². The summed E-state index contributed by atoms with van der Waals surface area (Å²) in [5.74, 6) is 1.16. The zero-order valence-corrected chi connectivity index (χ0v) is 10.8. The van der Waals surface area contributed by atoms with E-state index in [0.29, 0.717) is 18.8 Å². The van der Waals surface area contributed by atoms with Gasteiger partial charge < -0.3 is 15.2 Å². The molecule has 19 heavy (non-hydrogen) atoms. The second-order valence-corrected chi connectivity index (χ2v) is 4.70. The number of rotatable bonds is 3. The van der Waals surface area contributed by atoms with Gasteiger partial charge in [0, 0.05) is 17.8 Å². The van der Waals surface area contributed by atoms with Crippen molar-refractivity contribution in [3.8, 4) is 11.5 Å². The number of nitrogens with one attached hydrogen (secondary N) is 1. The second-order valence-electron chi connectivity index (χ2n) is 4.70. The topological polar surface area (TPSA) is 54.4 Å². The highest BCUT2D eigenvalue weighted by Gasteiger charge is 2.23. The van der Waals surface area contributed by atoms with Crippen molar-refractivity contribution in [1.29, 1.82) is 0 Å². The summed E-state index contributed by atoms with van der Waals surface area (Å²) in [6, 6.07) is 11.6. The summed E-state index contributed by atoms with van der Waals surface area (Å²) in [5, 5.41) is 13.1. The number of hydrogen-bond donors (Lipinski definition) is 2. The molecule has 98 valence electrons. The predicted octanol–water partition coefficient (Wildman–Crippen LogP) is 2.32. The molecular weight excluding hydrogens is 240 g/mol. The van der Waals surface area contributed by atoms with Crippen molar-refractivity contribution in [2.24, 2.45) is 0 Å². The lowest BCUT2D eigenvalue weighted by atomic mass is 10.1. The fourth-order valence-corrected chi connectivity index (χ4v) is 2.28. The van der Waals surface area contributed by atoms with Crippen LogP contribution in [0.15, 0.2) is 36.4 Å². The molecule has 0 aliphatic carbocycles. The molecule has 0 saturated heterocycles. The molecule has 0 saturated carbocycles. The molecular formula is C15H16N2O2. The monoisotopic (exact) mass is 256 g/mol. The van der Waals surface area contributed by atoms with Crippen LogP contribution in [-0.2, 0) is 6.54 Å². The van der Waals surface area contributed by atoms with Crippen molar-refractivity contribution < 1.29 is 9.84 Å². The van der Waals surface area contributed by atoms with E-state index in [2.05, 4.69) is 16.4 Å². The molecule has 2 heterocycles. The van der Waals surface area contributed by atoms with Crippen LogP contribution >= 0.6 is 0 Å². The molecule has 2 aromatic rings. The highest BCUT2D eigenvalue weighted by Crippen LogP contribution is 2.32. The Morgan fingerprint density at radius 1 is 1.32 bits per heavy atom. The van der Waals surface area contributed by atoms with Gasteiger partial charge in [-0.1, -0.05) is 18.2 Å². The molecule has 1 unspecified atom stereocenters. The van der Waals surface area contributed by atoms with Gasteiger partial charge in [0.25, 0.3) is 0 Å². The zero-order valence-electron chi connectivity index (χ0n) is 10.8. The summed E-state index contributed by atoms with van der Waals surface area (Å²) in [6.45, 7) is 3.05. The number of nitrogens with zero attached hydrogens (tertiary/aromatic N) is 1. The number of aromatic hydroxyl groups is 1. The Labute approximate surface area is 112 Å². The number of fused-ring (bicyclic) bond motifs is 1. The molecule has 4 nitrogen and oxygen atoms in total. The van der Waals surface area contributed by atoms with Crippen molar-refractivity contribution >= 4 is 0 Å². The SMILES string of the molecule is Cc1ccc(O)c(CNC2COc3ccccc32)n1. The highest BCUT2D eigenvalue weighted by molar-refractivity contribution is 5.39. The third-order valence-corrected chi connectivity index (χ3v) is 3.31. The van der Waals surface area contributed by atoms with E-state index >= 15 is 0 Å². The van der Waals surface area contributed by atoms with Crippen molar-refractivity contribution in [3.05, 3.63) is 53.3 Å². The fourth-order valence-electron chi connectivity index (χ4n) is 2.28. The molecule has 1 aliphatic heterocycles. The minimum absolute atomic E-state index is 0.151. The second kappa shape index (κ2) is 4.90. The first-order chi connectivity index (χ1) is 9.24. The highest BCUT2D eigenvalue weighted by atomic mass is 16.5. The lowest BCUT2D eigenvalue weighted by Gasteiger charge is -2.12. The van der Waals surface area contributed by atoms with Crippen LogP contribution in [0.3, 0.4) is 0 Å². The van der Waals surface area contributed by atoms with Crippen molar-refractivity contribution in [3.63, 3.8) is 0 Å². The summed E-state index contributed by atoms with van der Waals surface area (Å²) in [6.07, 6.45) is 0. The molecule has 1 aliphatic rings. The van der Waals surface area contributed by atoms with E-state index < -0.39 is 0 Å². The van der Waals surface area contributed by atoms with Gasteiger partial charge in [-0.25, -0.2) is 0 Å². The van der Waals surface area contributed by atoms with Crippen LogP contribution in [0.25, 0.3) is 0 Å². The van der Waals surface area contributed by atoms with Gasteiger partial charge in [0.2, 0.25) is 0 Å². The van der Waals surface area contributed by atoms with Gasteiger partial charge in [-0.05, 0) is 25.1 Å². The van der Waals surface area contributed by atoms with E-state index in [9.17, 15) is 5.11 Å². The molecule has 0 radical (unpaired) electrons. The largest absolute Gasteiger partial charge is 0.506 e. The lowest BCUT2D eigenvalue weighted by Crippen LogP contribution is -2.22. The standard InChI is InChI=1S/C15H16N2O2/c1-10-6-7-14(18)12(17-10)8-16-13-9-19-15-5-3-2-4-11(13)15/h2-7,13,16,18H,8-9H2,1H3. The third-order valence-electron chi connectivity index (χ3n) is 3.31. The van der Waals surface area contributed by atoms with Gasteiger partial charge in [-0.2, -0.15) is 0 Å². The third kappa shape index (κ3) is 2.39. The number of aromatic nitrogens is 1. The molecule has 0 spiro atoms. The van der Waals surface area contributed by atoms with Crippen LogP contribution in [-0.4, -0.2) is 16.7 Å². The average Bonchev–Trinajstić information content (AvgIpc) is 2.83. The summed E-state index contributed by atoms with van der Waals surface area (Å²) in [7, 11) is 0. The zero-order chi connectivity index (χ0) is 13.2. The molecule has 1 aromatic carbocycles. The summed E-state index contributed by atoms with van der Waals surface area (Å²) >= 11 is 0. The van der Waals surface area contributed by atoms with Gasteiger partial charge in [0.15, 0.2) is 0 Å². The molecule has 4 heteroatoms. The maximum atomic E-state index is 9.77. The number of aryl methyl sites for hydroxylation is 1. The Morgan fingerprint density at radius 2 is 2.16 bits per heavy atom. The van der Waals surface area contributed by atoms with Gasteiger partial charge in [-0.3, -0.25) is 4.98 Å². The Hall–Kier alpha value is -2.07. The number of benzene rings is 1. The van der Waals surface area contributed by atoms with Gasteiger partial charge in [0.05, 0.1) is 11.7 Å². The van der Waals surface area contributed by atoms with E-state index in [-0.39, 0.29) is 11.8 Å². The maximum Gasteiger partial charge on any atom is 0.138 e. The van der Waals surface area contributed by atoms with Crippen molar-refractivity contribution in [2.75, 3.05) is 6.61 Å². The molecule has 3 rings (SSSR count). The minimum Gasteiger partial charge on any atom is -0.506 e. The number of hydrogen-bond acceptors (Lipinski definition) is 4. The number of para-hydroxylation sites is 1. The molecule has 1 aromatic heterocycles. The molecule has 1 atom stereocenters. The van der Waals surface area contributed by atoms with Crippen LogP contribution in [0, 0.1) is 6.92 Å². The van der Waals surface area contributed by atoms with Crippen LogP contribution in [0.2, 0.25) is 0 Å². The molecule has 2 N–H and O–H groups in total. The predicted molar refractivity (Wildman–Crippen MR) is 72.2 cm³/mol. The normalized spacial score (nSPS) is 17.0. The average molecular weight is 256 g/mol. The van der Waals surface area contributed by atoms with E-state index in [1.54, 1.807) is 12.1 Å². The van der Waals surface area contributed by atoms with Gasteiger partial charge in [-0.15, -0.1) is 0 Å². The first-order valence-electron chi connectivity index (χ1n) is 6.34. The molecule has 0 bridgehead atoms. The molecule has 0 fully saturated rings. The van der Waals surface area contributed by atoms with E-state index in [1.165, 1.54) is 0 Å². The van der Waals surface area contributed by atoms with Gasteiger partial charge in [0.1, 0.15) is 18.1 Å². The first kappa shape index (κ1) is 12.0. The Bertz CT molecular complexity index is 598. The Morgan fingerprint density at radius 3 is 3.05 bits per heavy atom.